The Balaban J connectivity index is 1.65. The minimum Gasteiger partial charge on any atom is -0.507 e. The fraction of sp³-hybridized carbons (Fsp3) is 0.333. The highest BCUT2D eigenvalue weighted by atomic mass is 35.5. The van der Waals surface area contributed by atoms with Crippen LogP contribution in [0.15, 0.2) is 41.7 Å². The third kappa shape index (κ3) is 3.63. The lowest BCUT2D eigenvalue weighted by molar-refractivity contribution is -0.130. The fourth-order valence-electron chi connectivity index (χ4n) is 5.71. The molecule has 6 rings (SSSR count). The Morgan fingerprint density at radius 3 is 2.62 bits per heavy atom. The van der Waals surface area contributed by atoms with Crippen molar-refractivity contribution < 1.29 is 23.5 Å². The molecule has 39 heavy (non-hydrogen) atoms. The average Bonchev–Trinajstić information content (AvgIpc) is 3.62. The van der Waals surface area contributed by atoms with Crippen LogP contribution in [0, 0.1) is 5.82 Å². The monoisotopic (exact) mass is 555 g/mol. The average molecular weight is 556 g/mol. The van der Waals surface area contributed by atoms with Crippen LogP contribution >= 0.6 is 11.6 Å². The van der Waals surface area contributed by atoms with Crippen LogP contribution < -0.4 is 15.4 Å². The van der Waals surface area contributed by atoms with Gasteiger partial charge in [-0.15, -0.1) is 0 Å². The maximum Gasteiger partial charge on any atom is 0.278 e. The van der Waals surface area contributed by atoms with E-state index < -0.39 is 35.4 Å². The van der Waals surface area contributed by atoms with E-state index in [9.17, 15) is 28.3 Å². The molecular weight excluding hydrogens is 532 g/mol. The number of piperazine rings is 1. The van der Waals surface area contributed by atoms with E-state index in [1.807, 2.05) is 6.92 Å². The van der Waals surface area contributed by atoms with E-state index in [0.29, 0.717) is 11.1 Å². The molecule has 0 radical (unpaired) electrons. The highest BCUT2D eigenvalue weighted by Crippen LogP contribution is 2.47. The lowest BCUT2D eigenvalue weighted by atomic mass is 9.98. The standard InChI is InChI=1S/C27H24ClF2N5O4/c1-4-20(37)33-11-18-26(38)32(3)24-23(34(18)10-12(33)2)13-8-14(28)22(21-15(29)6-5-7-19(21)36)31-25(13)35(27(24)39)17-9-16(17)30/h4-8,12,16-18,36H,1,9-11H2,2-3H3/t12-,16+,17-,18-/m1/s1. The van der Waals surface area contributed by atoms with Gasteiger partial charge in [-0.2, -0.15) is 0 Å². The number of halogens is 3. The molecule has 9 nitrogen and oxygen atoms in total. The number of phenols is 1. The molecule has 3 aliphatic rings. The van der Waals surface area contributed by atoms with E-state index in [4.69, 9.17) is 11.6 Å². The van der Waals surface area contributed by atoms with Gasteiger partial charge in [-0.05, 0) is 31.2 Å². The quantitative estimate of drug-likeness (QED) is 0.497. The van der Waals surface area contributed by atoms with Crippen molar-refractivity contribution in [3.05, 3.63) is 58.1 Å². The van der Waals surface area contributed by atoms with Crippen molar-refractivity contribution in [2.45, 2.75) is 37.6 Å². The van der Waals surface area contributed by atoms with Crippen LogP contribution in [0.5, 0.6) is 5.75 Å². The first-order valence-electron chi connectivity index (χ1n) is 12.4. The summed E-state index contributed by atoms with van der Waals surface area (Å²) in [5.41, 5.74) is -0.472. The molecule has 0 bridgehead atoms. The van der Waals surface area contributed by atoms with E-state index in [-0.39, 0.29) is 65.0 Å². The van der Waals surface area contributed by atoms with Gasteiger partial charge >= 0.3 is 0 Å². The van der Waals surface area contributed by atoms with Gasteiger partial charge < -0.3 is 19.8 Å². The molecule has 4 heterocycles. The van der Waals surface area contributed by atoms with Gasteiger partial charge in [0.15, 0.2) is 0 Å². The zero-order chi connectivity index (χ0) is 27.9. The van der Waals surface area contributed by atoms with Gasteiger partial charge in [0, 0.05) is 31.4 Å². The molecule has 2 amide bonds. The van der Waals surface area contributed by atoms with E-state index in [1.165, 1.54) is 40.8 Å². The van der Waals surface area contributed by atoms with E-state index in [0.717, 1.165) is 6.07 Å². The van der Waals surface area contributed by atoms with E-state index in [2.05, 4.69) is 11.6 Å². The van der Waals surface area contributed by atoms with Crippen LogP contribution in [0.4, 0.5) is 20.2 Å². The number of carbonyl (C=O) groups is 2. The summed E-state index contributed by atoms with van der Waals surface area (Å²) in [4.78, 5) is 49.0. The van der Waals surface area contributed by atoms with Crippen molar-refractivity contribution >= 4 is 45.8 Å². The number of aromatic nitrogens is 2. The molecule has 0 unspecified atom stereocenters. The van der Waals surface area contributed by atoms with Crippen LogP contribution in [0.3, 0.4) is 0 Å². The van der Waals surface area contributed by atoms with Crippen molar-refractivity contribution in [2.75, 3.05) is 29.9 Å². The molecule has 202 valence electrons. The second-order valence-electron chi connectivity index (χ2n) is 10.1. The van der Waals surface area contributed by atoms with Crippen LogP contribution in [0.2, 0.25) is 5.02 Å². The summed E-state index contributed by atoms with van der Waals surface area (Å²) >= 11 is 6.63. The molecule has 1 aromatic carbocycles. The molecule has 2 aliphatic heterocycles. The highest BCUT2D eigenvalue weighted by molar-refractivity contribution is 6.34. The number of hydrogen-bond donors (Lipinski definition) is 1. The number of carbonyl (C=O) groups excluding carboxylic acids is 2. The van der Waals surface area contributed by atoms with Gasteiger partial charge in [-0.3, -0.25) is 19.0 Å². The summed E-state index contributed by atoms with van der Waals surface area (Å²) in [5.74, 6) is -1.87. The Morgan fingerprint density at radius 2 is 1.97 bits per heavy atom. The molecule has 12 heteroatoms. The minimum atomic E-state index is -1.29. The number of hydrogen-bond acceptors (Lipinski definition) is 6. The van der Waals surface area contributed by atoms with E-state index >= 15 is 0 Å². The van der Waals surface area contributed by atoms with Crippen molar-refractivity contribution in [1.82, 2.24) is 14.5 Å². The Kier molecular flexibility index (Phi) is 5.69. The SMILES string of the molecule is C=CC(=O)N1C[C@@H]2C(=O)N(C)c3c(c4cc(Cl)c(-c5c(O)cccc5F)nc4n([C@@H]4C[C@@H]4F)c3=O)N2C[C@H]1C. The van der Waals surface area contributed by atoms with Crippen molar-refractivity contribution in [3.63, 3.8) is 0 Å². The van der Waals surface area contributed by atoms with Crippen LogP contribution in [0.1, 0.15) is 19.4 Å². The van der Waals surface area contributed by atoms with E-state index in [1.54, 1.807) is 9.80 Å². The van der Waals surface area contributed by atoms with Gasteiger partial charge in [0.05, 0.1) is 34.6 Å². The summed E-state index contributed by atoms with van der Waals surface area (Å²) in [5, 5.41) is 10.8. The zero-order valence-corrected chi connectivity index (χ0v) is 21.8. The highest BCUT2D eigenvalue weighted by Gasteiger charge is 2.48. The molecule has 2 fully saturated rings. The number of anilines is 2. The predicted molar refractivity (Wildman–Crippen MR) is 143 cm³/mol. The predicted octanol–water partition coefficient (Wildman–Crippen LogP) is 3.41. The van der Waals surface area contributed by atoms with Crippen molar-refractivity contribution in [2.24, 2.45) is 0 Å². The largest absolute Gasteiger partial charge is 0.507 e. The first-order valence-corrected chi connectivity index (χ1v) is 12.8. The number of amides is 2. The number of alkyl halides is 1. The summed E-state index contributed by atoms with van der Waals surface area (Å²) in [7, 11) is 1.47. The van der Waals surface area contributed by atoms with Gasteiger partial charge in [0.25, 0.3) is 11.5 Å². The van der Waals surface area contributed by atoms with Crippen LogP contribution in [-0.4, -0.2) is 69.8 Å². The number of pyridine rings is 2. The lowest BCUT2D eigenvalue weighted by Gasteiger charge is -2.49. The number of phenolic OH excluding ortho intramolecular Hbond substituents is 1. The third-order valence-corrected chi connectivity index (χ3v) is 8.05. The second-order valence-corrected chi connectivity index (χ2v) is 10.5. The maximum absolute atomic E-state index is 14.8. The number of fused-ring (bicyclic) bond motifs is 5. The normalized spacial score (nSPS) is 24.0. The van der Waals surface area contributed by atoms with Gasteiger partial charge in [0.2, 0.25) is 5.91 Å². The molecule has 3 aromatic rings. The molecular formula is C27H24ClF2N5O4. The molecule has 1 saturated carbocycles. The Hall–Kier alpha value is -3.99. The summed E-state index contributed by atoms with van der Waals surface area (Å²) in [6.45, 7) is 5.66. The van der Waals surface area contributed by atoms with Gasteiger partial charge in [-0.25, -0.2) is 13.8 Å². The molecule has 1 aliphatic carbocycles. The lowest BCUT2D eigenvalue weighted by Crippen LogP contribution is -2.66. The zero-order valence-electron chi connectivity index (χ0n) is 21.1. The van der Waals surface area contributed by atoms with Crippen molar-refractivity contribution in [1.29, 1.82) is 0 Å². The number of rotatable bonds is 3. The van der Waals surface area contributed by atoms with Crippen LogP contribution in [0.25, 0.3) is 22.3 Å². The second kappa shape index (κ2) is 8.77. The summed E-state index contributed by atoms with van der Waals surface area (Å²) in [6, 6.07) is 3.32. The fourth-order valence-corrected chi connectivity index (χ4v) is 5.96. The molecule has 4 atom stereocenters. The third-order valence-electron chi connectivity index (χ3n) is 7.76. The number of likely N-dealkylation sites (N-methyl/N-ethyl adjacent to an activating group) is 1. The summed E-state index contributed by atoms with van der Waals surface area (Å²) < 4.78 is 30.4. The minimum absolute atomic E-state index is 0.00693. The van der Waals surface area contributed by atoms with Crippen molar-refractivity contribution in [3.8, 4) is 17.0 Å². The first kappa shape index (κ1) is 25.3. The Bertz CT molecular complexity index is 1640. The summed E-state index contributed by atoms with van der Waals surface area (Å²) in [6.07, 6.45) is -0.0205. The Labute approximate surface area is 226 Å². The van der Waals surface area contributed by atoms with Gasteiger partial charge in [0.1, 0.15) is 35.1 Å². The molecule has 2 aromatic heterocycles. The van der Waals surface area contributed by atoms with Gasteiger partial charge in [-0.1, -0.05) is 24.2 Å². The topological polar surface area (TPSA) is 99.0 Å². The molecule has 1 saturated heterocycles. The number of nitrogens with zero attached hydrogens (tertiary/aromatic N) is 5. The smallest absolute Gasteiger partial charge is 0.278 e. The maximum atomic E-state index is 14.8. The molecule has 1 N–H and O–H groups in total. The number of benzene rings is 1. The molecule has 0 spiro atoms. The van der Waals surface area contributed by atoms with Crippen LogP contribution in [-0.2, 0) is 9.59 Å². The number of aromatic hydroxyl groups is 1. The Morgan fingerprint density at radius 1 is 1.26 bits per heavy atom. The first-order chi connectivity index (χ1) is 18.5.